The van der Waals surface area contributed by atoms with Crippen molar-refractivity contribution in [2.45, 2.75) is 19.4 Å². The molecule has 0 fully saturated rings. The summed E-state index contributed by atoms with van der Waals surface area (Å²) in [4.78, 5) is 18.7. The van der Waals surface area contributed by atoms with Crippen LogP contribution in [0.2, 0.25) is 0 Å². The zero-order valence-corrected chi connectivity index (χ0v) is 14.3. The molecule has 0 atom stereocenters. The molecule has 0 aliphatic carbocycles. The first-order chi connectivity index (χ1) is 12.3. The lowest BCUT2D eigenvalue weighted by Crippen LogP contribution is -2.33. The number of nitrogens with zero attached hydrogens (tertiary/aromatic N) is 2. The zero-order chi connectivity index (χ0) is 17.5. The van der Waals surface area contributed by atoms with E-state index in [1.54, 1.807) is 13.3 Å². The Kier molecular flexibility index (Phi) is 5.85. The van der Waals surface area contributed by atoms with E-state index < -0.39 is 0 Å². The van der Waals surface area contributed by atoms with Crippen LogP contribution in [-0.4, -0.2) is 42.8 Å². The van der Waals surface area contributed by atoms with Gasteiger partial charge in [0.25, 0.3) is 0 Å². The number of aryl methyl sites for hydroxylation is 1. The van der Waals surface area contributed by atoms with Crippen LogP contribution in [-0.2, 0) is 22.5 Å². The third kappa shape index (κ3) is 4.70. The first-order valence-corrected chi connectivity index (χ1v) is 8.31. The van der Waals surface area contributed by atoms with Gasteiger partial charge in [-0.25, -0.2) is 0 Å². The number of hydrogen-bond donors (Lipinski definition) is 0. The molecule has 3 rings (SSSR count). The van der Waals surface area contributed by atoms with Gasteiger partial charge in [-0.1, -0.05) is 12.1 Å². The second-order valence-electron chi connectivity index (χ2n) is 5.82. The molecule has 1 aromatic carbocycles. The number of fused-ring (bicyclic) bond motifs is 1. The highest BCUT2D eigenvalue weighted by Crippen LogP contribution is 2.32. The number of pyridine rings is 1. The third-order valence-electron chi connectivity index (χ3n) is 4.05. The Morgan fingerprint density at radius 1 is 1.24 bits per heavy atom. The van der Waals surface area contributed by atoms with E-state index in [0.29, 0.717) is 32.5 Å². The van der Waals surface area contributed by atoms with E-state index in [-0.39, 0.29) is 12.7 Å². The number of methoxy groups -OCH3 is 1. The molecule has 0 radical (unpaired) electrons. The van der Waals surface area contributed by atoms with Crippen molar-refractivity contribution >= 4 is 5.91 Å². The highest BCUT2D eigenvalue weighted by Gasteiger charge is 2.17. The van der Waals surface area contributed by atoms with Crippen molar-refractivity contribution in [2.24, 2.45) is 0 Å². The monoisotopic (exact) mass is 342 g/mol. The lowest BCUT2D eigenvalue weighted by Gasteiger charge is -2.22. The largest absolute Gasteiger partial charge is 0.454 e. The number of rotatable bonds is 8. The molecule has 1 aliphatic rings. The van der Waals surface area contributed by atoms with E-state index in [9.17, 15) is 4.79 Å². The Bertz CT molecular complexity index is 706. The molecule has 0 bridgehead atoms. The van der Waals surface area contributed by atoms with E-state index in [2.05, 4.69) is 4.98 Å². The van der Waals surface area contributed by atoms with Crippen LogP contribution in [0.1, 0.15) is 17.7 Å². The maximum absolute atomic E-state index is 12.6. The smallest absolute Gasteiger partial charge is 0.231 e. The highest BCUT2D eigenvalue weighted by molar-refractivity contribution is 5.76. The molecular weight excluding hydrogens is 320 g/mol. The minimum Gasteiger partial charge on any atom is -0.454 e. The Balaban J connectivity index is 1.63. The van der Waals surface area contributed by atoms with Crippen molar-refractivity contribution in [1.82, 2.24) is 9.88 Å². The Hall–Kier alpha value is -2.60. The standard InChI is InChI=1S/C19H22N2O4/c1-23-11-10-21(19(22)8-6-16-4-2-3-9-20-16)13-15-5-7-17-18(12-15)25-14-24-17/h2-5,7,9,12H,6,8,10-11,13-14H2,1H3. The summed E-state index contributed by atoms with van der Waals surface area (Å²) in [6.45, 7) is 1.81. The van der Waals surface area contributed by atoms with Crippen LogP contribution in [0, 0.1) is 0 Å². The summed E-state index contributed by atoms with van der Waals surface area (Å²) in [5, 5.41) is 0. The molecule has 2 aromatic rings. The summed E-state index contributed by atoms with van der Waals surface area (Å²) in [7, 11) is 1.64. The molecule has 132 valence electrons. The van der Waals surface area contributed by atoms with E-state index in [0.717, 1.165) is 22.8 Å². The number of benzene rings is 1. The average molecular weight is 342 g/mol. The summed E-state index contributed by atoms with van der Waals surface area (Å²) >= 11 is 0. The molecule has 0 spiro atoms. The van der Waals surface area contributed by atoms with E-state index in [1.165, 1.54) is 0 Å². The van der Waals surface area contributed by atoms with Gasteiger partial charge >= 0.3 is 0 Å². The number of carbonyl (C=O) groups is 1. The minimum absolute atomic E-state index is 0.0837. The van der Waals surface area contributed by atoms with E-state index in [1.807, 2.05) is 41.3 Å². The molecule has 25 heavy (non-hydrogen) atoms. The SMILES string of the molecule is COCCN(Cc1ccc2c(c1)OCO2)C(=O)CCc1ccccn1. The fourth-order valence-corrected chi connectivity index (χ4v) is 2.69. The number of ether oxygens (including phenoxy) is 3. The van der Waals surface area contributed by atoms with Crippen molar-refractivity contribution in [2.75, 3.05) is 27.1 Å². The Morgan fingerprint density at radius 3 is 2.92 bits per heavy atom. The van der Waals surface area contributed by atoms with Gasteiger partial charge in [0.1, 0.15) is 0 Å². The van der Waals surface area contributed by atoms with Crippen LogP contribution in [0.5, 0.6) is 11.5 Å². The Labute approximate surface area is 147 Å². The average Bonchev–Trinajstić information content (AvgIpc) is 3.11. The van der Waals surface area contributed by atoms with Crippen molar-refractivity contribution < 1.29 is 19.0 Å². The van der Waals surface area contributed by atoms with Crippen molar-refractivity contribution in [3.8, 4) is 11.5 Å². The highest BCUT2D eigenvalue weighted by atomic mass is 16.7. The number of amides is 1. The van der Waals surface area contributed by atoms with Gasteiger partial charge in [0, 0.05) is 38.5 Å². The van der Waals surface area contributed by atoms with Crippen molar-refractivity contribution in [3.05, 3.63) is 53.9 Å². The zero-order valence-electron chi connectivity index (χ0n) is 14.3. The van der Waals surface area contributed by atoms with Gasteiger partial charge in [0.05, 0.1) is 6.61 Å². The minimum atomic E-state index is 0.0837. The fourth-order valence-electron chi connectivity index (χ4n) is 2.69. The number of aromatic nitrogens is 1. The van der Waals surface area contributed by atoms with E-state index in [4.69, 9.17) is 14.2 Å². The van der Waals surface area contributed by atoms with Crippen molar-refractivity contribution in [3.63, 3.8) is 0 Å². The summed E-state index contributed by atoms with van der Waals surface area (Å²) < 4.78 is 15.9. The number of carbonyl (C=O) groups excluding carboxylic acids is 1. The van der Waals surface area contributed by atoms with Gasteiger partial charge in [0.15, 0.2) is 11.5 Å². The molecule has 6 heteroatoms. The summed E-state index contributed by atoms with van der Waals surface area (Å²) in [6, 6.07) is 11.5. The molecule has 1 aromatic heterocycles. The molecule has 2 heterocycles. The first-order valence-electron chi connectivity index (χ1n) is 8.31. The van der Waals surface area contributed by atoms with Crippen LogP contribution >= 0.6 is 0 Å². The van der Waals surface area contributed by atoms with Crippen molar-refractivity contribution in [1.29, 1.82) is 0 Å². The van der Waals surface area contributed by atoms with Crippen LogP contribution in [0.25, 0.3) is 0 Å². The lowest BCUT2D eigenvalue weighted by molar-refractivity contribution is -0.132. The quantitative estimate of drug-likeness (QED) is 0.737. The first kappa shape index (κ1) is 17.2. The summed E-state index contributed by atoms with van der Waals surface area (Å²) in [5.74, 6) is 1.55. The predicted octanol–water partition coefficient (Wildman–Crippen LogP) is 2.42. The van der Waals surface area contributed by atoms with Gasteiger partial charge in [0.2, 0.25) is 12.7 Å². The molecule has 0 saturated heterocycles. The topological polar surface area (TPSA) is 60.9 Å². The van der Waals surface area contributed by atoms with Gasteiger partial charge in [-0.2, -0.15) is 0 Å². The van der Waals surface area contributed by atoms with Gasteiger partial charge in [-0.05, 0) is 36.2 Å². The van der Waals surface area contributed by atoms with Crippen LogP contribution < -0.4 is 9.47 Å². The van der Waals surface area contributed by atoms with Crippen LogP contribution in [0.4, 0.5) is 0 Å². The Morgan fingerprint density at radius 2 is 2.12 bits per heavy atom. The van der Waals surface area contributed by atoms with Gasteiger partial charge < -0.3 is 19.1 Å². The normalized spacial score (nSPS) is 12.2. The fraction of sp³-hybridized carbons (Fsp3) is 0.368. The lowest BCUT2D eigenvalue weighted by atomic mass is 10.1. The molecule has 0 unspecified atom stereocenters. The third-order valence-corrected chi connectivity index (χ3v) is 4.05. The predicted molar refractivity (Wildman–Crippen MR) is 92.4 cm³/mol. The second kappa shape index (κ2) is 8.48. The maximum Gasteiger partial charge on any atom is 0.231 e. The van der Waals surface area contributed by atoms with Crippen LogP contribution in [0.15, 0.2) is 42.6 Å². The molecular formula is C19H22N2O4. The molecule has 1 amide bonds. The summed E-state index contributed by atoms with van der Waals surface area (Å²) in [5.41, 5.74) is 1.93. The second-order valence-corrected chi connectivity index (χ2v) is 5.82. The van der Waals surface area contributed by atoms with Gasteiger partial charge in [-0.3, -0.25) is 9.78 Å². The van der Waals surface area contributed by atoms with Crippen LogP contribution in [0.3, 0.4) is 0 Å². The molecule has 0 saturated carbocycles. The summed E-state index contributed by atoms with van der Waals surface area (Å²) in [6.07, 6.45) is 2.80. The maximum atomic E-state index is 12.6. The van der Waals surface area contributed by atoms with E-state index >= 15 is 0 Å². The molecule has 1 aliphatic heterocycles. The molecule has 6 nitrogen and oxygen atoms in total. The molecule has 0 N–H and O–H groups in total. The van der Waals surface area contributed by atoms with Gasteiger partial charge in [-0.15, -0.1) is 0 Å². The number of hydrogen-bond acceptors (Lipinski definition) is 5.